The number of aromatic amines is 1. The van der Waals surface area contributed by atoms with Gasteiger partial charge in [-0.3, -0.25) is 4.79 Å². The number of anilines is 1. The van der Waals surface area contributed by atoms with Gasteiger partial charge in [-0.05, 0) is 24.3 Å². The molecular weight excluding hydrogens is 384 g/mol. The van der Waals surface area contributed by atoms with Crippen LogP contribution in [0.1, 0.15) is 5.56 Å². The molecule has 0 unspecified atom stereocenters. The largest absolute Gasteiger partial charge is 0.338 e. The Labute approximate surface area is 162 Å². The number of nitriles is 1. The molecule has 9 heteroatoms. The fourth-order valence-corrected chi connectivity index (χ4v) is 3.36. The summed E-state index contributed by atoms with van der Waals surface area (Å²) in [5, 5.41) is 21.9. The first-order valence-electron chi connectivity index (χ1n) is 7.87. The van der Waals surface area contributed by atoms with Gasteiger partial charge in [-0.15, -0.1) is 10.2 Å². The molecule has 0 aliphatic heterocycles. The molecule has 0 atom stereocenters. The maximum absolute atomic E-state index is 12.2. The number of fused-ring (bicyclic) bond motifs is 3. The topological polar surface area (TPSA) is 107 Å². The fraction of sp³-hybridized carbons (Fsp3) is 0.0556. The van der Waals surface area contributed by atoms with Crippen molar-refractivity contribution < 1.29 is 4.79 Å². The van der Waals surface area contributed by atoms with Crippen LogP contribution in [0.2, 0.25) is 5.02 Å². The Bertz CT molecular complexity index is 1220. The van der Waals surface area contributed by atoms with Crippen LogP contribution < -0.4 is 5.32 Å². The molecule has 7 nitrogen and oxygen atoms in total. The SMILES string of the molecule is N#Cc1ccc(Cl)cc1NC(=O)CSc1nnc2c(n1)[nH]c1ccccc12. The van der Waals surface area contributed by atoms with Gasteiger partial charge in [-0.2, -0.15) is 5.26 Å². The molecule has 0 radical (unpaired) electrons. The number of carbonyl (C=O) groups excluding carboxylic acids is 1. The van der Waals surface area contributed by atoms with E-state index in [-0.39, 0.29) is 11.7 Å². The molecule has 2 aromatic heterocycles. The van der Waals surface area contributed by atoms with Crippen molar-refractivity contribution in [2.75, 3.05) is 11.1 Å². The minimum atomic E-state index is -0.292. The van der Waals surface area contributed by atoms with Crippen molar-refractivity contribution in [2.24, 2.45) is 0 Å². The lowest BCUT2D eigenvalue weighted by atomic mass is 10.2. The summed E-state index contributed by atoms with van der Waals surface area (Å²) >= 11 is 7.08. The normalized spacial score (nSPS) is 10.8. The number of hydrogen-bond donors (Lipinski definition) is 2. The lowest BCUT2D eigenvalue weighted by Gasteiger charge is -2.07. The Morgan fingerprint density at radius 3 is 2.96 bits per heavy atom. The van der Waals surface area contributed by atoms with Crippen LogP contribution in [0.25, 0.3) is 22.1 Å². The lowest BCUT2D eigenvalue weighted by molar-refractivity contribution is -0.113. The Balaban J connectivity index is 1.48. The van der Waals surface area contributed by atoms with Crippen molar-refractivity contribution in [2.45, 2.75) is 5.16 Å². The van der Waals surface area contributed by atoms with Crippen LogP contribution in [0.3, 0.4) is 0 Å². The van der Waals surface area contributed by atoms with Crippen LogP contribution in [0.15, 0.2) is 47.6 Å². The molecule has 132 valence electrons. The molecule has 2 N–H and O–H groups in total. The van der Waals surface area contributed by atoms with E-state index < -0.39 is 0 Å². The third kappa shape index (κ3) is 3.56. The quantitative estimate of drug-likeness (QED) is 0.510. The predicted octanol–water partition coefficient (Wildman–Crippen LogP) is 3.76. The smallest absolute Gasteiger partial charge is 0.234 e. The van der Waals surface area contributed by atoms with Crippen molar-refractivity contribution in [3.05, 3.63) is 53.1 Å². The Hall–Kier alpha value is -3.15. The zero-order valence-electron chi connectivity index (χ0n) is 13.7. The van der Waals surface area contributed by atoms with E-state index in [0.717, 1.165) is 22.7 Å². The second kappa shape index (κ2) is 7.23. The molecule has 4 aromatic rings. The van der Waals surface area contributed by atoms with Gasteiger partial charge in [0, 0.05) is 15.9 Å². The highest BCUT2D eigenvalue weighted by Crippen LogP contribution is 2.24. The van der Waals surface area contributed by atoms with E-state index >= 15 is 0 Å². The zero-order chi connectivity index (χ0) is 18.8. The highest BCUT2D eigenvalue weighted by atomic mass is 35.5. The van der Waals surface area contributed by atoms with E-state index in [1.165, 1.54) is 6.07 Å². The molecule has 0 saturated carbocycles. The number of halogens is 1. The van der Waals surface area contributed by atoms with E-state index in [9.17, 15) is 4.79 Å². The van der Waals surface area contributed by atoms with Gasteiger partial charge in [0.25, 0.3) is 0 Å². The number of amides is 1. The molecule has 2 aromatic carbocycles. The number of aromatic nitrogens is 4. The van der Waals surface area contributed by atoms with Crippen molar-refractivity contribution in [3.63, 3.8) is 0 Å². The summed E-state index contributed by atoms with van der Waals surface area (Å²) in [4.78, 5) is 19.8. The van der Waals surface area contributed by atoms with E-state index in [2.05, 4.69) is 25.5 Å². The minimum absolute atomic E-state index is 0.0742. The number of thioether (sulfide) groups is 1. The standard InChI is InChI=1S/C18H11ClN6OS/c19-11-6-5-10(8-20)14(7-11)21-15(26)9-27-18-23-17-16(24-25-18)12-3-1-2-4-13(12)22-17/h1-7H,9H2,(H,21,26)(H,22,23,25). The zero-order valence-corrected chi connectivity index (χ0v) is 15.3. The molecule has 0 fully saturated rings. The first-order valence-corrected chi connectivity index (χ1v) is 9.24. The summed E-state index contributed by atoms with van der Waals surface area (Å²) in [6.45, 7) is 0. The number of hydrogen-bond acceptors (Lipinski definition) is 6. The number of nitrogens with zero attached hydrogens (tertiary/aromatic N) is 4. The Kier molecular flexibility index (Phi) is 4.62. The van der Waals surface area contributed by atoms with Crippen LogP contribution in [-0.4, -0.2) is 31.8 Å². The highest BCUT2D eigenvalue weighted by Gasteiger charge is 2.12. The molecule has 2 heterocycles. The van der Waals surface area contributed by atoms with Gasteiger partial charge in [-0.1, -0.05) is 41.6 Å². The van der Waals surface area contributed by atoms with E-state index in [0.29, 0.717) is 32.6 Å². The summed E-state index contributed by atoms with van der Waals surface area (Å²) < 4.78 is 0. The molecular formula is C18H11ClN6OS. The summed E-state index contributed by atoms with van der Waals surface area (Å²) in [6.07, 6.45) is 0. The predicted molar refractivity (Wildman–Crippen MR) is 105 cm³/mol. The monoisotopic (exact) mass is 394 g/mol. The second-order valence-corrected chi connectivity index (χ2v) is 6.98. The van der Waals surface area contributed by atoms with Crippen LogP contribution in [0.5, 0.6) is 0 Å². The van der Waals surface area contributed by atoms with Crippen molar-refractivity contribution in [3.8, 4) is 6.07 Å². The third-order valence-corrected chi connectivity index (χ3v) is 4.88. The van der Waals surface area contributed by atoms with Gasteiger partial charge in [0.1, 0.15) is 11.6 Å². The molecule has 0 aliphatic rings. The van der Waals surface area contributed by atoms with Gasteiger partial charge in [0.2, 0.25) is 11.1 Å². The number of para-hydroxylation sites is 1. The van der Waals surface area contributed by atoms with Crippen molar-refractivity contribution in [1.29, 1.82) is 5.26 Å². The summed E-state index contributed by atoms with van der Waals surface area (Å²) in [5.41, 5.74) is 2.96. The van der Waals surface area contributed by atoms with Gasteiger partial charge in [-0.25, -0.2) is 4.98 Å². The number of H-pyrrole nitrogens is 1. The van der Waals surface area contributed by atoms with Crippen LogP contribution >= 0.6 is 23.4 Å². The summed E-state index contributed by atoms with van der Waals surface area (Å²) in [5.74, 6) is -0.218. The average molecular weight is 395 g/mol. The summed E-state index contributed by atoms with van der Waals surface area (Å²) in [6, 6.07) is 14.5. The molecule has 0 aliphatic carbocycles. The average Bonchev–Trinajstić information content (AvgIpc) is 3.04. The molecule has 1 amide bonds. The molecule has 0 bridgehead atoms. The molecule has 0 spiro atoms. The lowest BCUT2D eigenvalue weighted by Crippen LogP contribution is -2.15. The maximum atomic E-state index is 12.2. The Morgan fingerprint density at radius 1 is 1.26 bits per heavy atom. The second-order valence-electron chi connectivity index (χ2n) is 5.60. The third-order valence-electron chi connectivity index (χ3n) is 3.81. The highest BCUT2D eigenvalue weighted by molar-refractivity contribution is 7.99. The number of carbonyl (C=O) groups is 1. The van der Waals surface area contributed by atoms with Gasteiger partial charge < -0.3 is 10.3 Å². The van der Waals surface area contributed by atoms with Gasteiger partial charge >= 0.3 is 0 Å². The maximum Gasteiger partial charge on any atom is 0.234 e. The number of benzene rings is 2. The van der Waals surface area contributed by atoms with Crippen LogP contribution in [0, 0.1) is 11.3 Å². The number of rotatable bonds is 4. The van der Waals surface area contributed by atoms with Crippen molar-refractivity contribution >= 4 is 57.0 Å². The van der Waals surface area contributed by atoms with E-state index in [1.54, 1.807) is 12.1 Å². The first-order chi connectivity index (χ1) is 13.1. The minimum Gasteiger partial charge on any atom is -0.338 e. The van der Waals surface area contributed by atoms with Crippen LogP contribution in [0.4, 0.5) is 5.69 Å². The fourth-order valence-electron chi connectivity index (χ4n) is 2.60. The molecule has 4 rings (SSSR count). The molecule has 0 saturated heterocycles. The summed E-state index contributed by atoms with van der Waals surface area (Å²) in [7, 11) is 0. The van der Waals surface area contributed by atoms with Gasteiger partial charge in [0.05, 0.1) is 17.0 Å². The number of nitrogens with one attached hydrogen (secondary N) is 2. The molecule has 27 heavy (non-hydrogen) atoms. The van der Waals surface area contributed by atoms with Crippen molar-refractivity contribution in [1.82, 2.24) is 20.2 Å². The Morgan fingerprint density at radius 2 is 2.11 bits per heavy atom. The van der Waals surface area contributed by atoms with Gasteiger partial charge in [0.15, 0.2) is 5.65 Å². The first kappa shape index (κ1) is 17.3. The van der Waals surface area contributed by atoms with Crippen LogP contribution in [-0.2, 0) is 4.79 Å². The van der Waals surface area contributed by atoms with E-state index in [1.807, 2.05) is 30.3 Å². The van der Waals surface area contributed by atoms with E-state index in [4.69, 9.17) is 16.9 Å².